The Hall–Kier alpha value is -0.767. The Morgan fingerprint density at radius 1 is 1.38 bits per heavy atom. The van der Waals surface area contributed by atoms with E-state index < -0.39 is 0 Å². The molecule has 0 spiro atoms. The first kappa shape index (κ1) is 10.3. The molecule has 3 radical (unpaired) electrons. The second-order valence-electron chi connectivity index (χ2n) is 2.70. The van der Waals surface area contributed by atoms with E-state index in [1.165, 1.54) is 0 Å². The summed E-state index contributed by atoms with van der Waals surface area (Å²) in [6.45, 7) is 2.78. The van der Waals surface area contributed by atoms with Crippen molar-refractivity contribution in [3.05, 3.63) is 29.8 Å². The van der Waals surface area contributed by atoms with E-state index in [1.54, 1.807) is 28.6 Å². The fourth-order valence-corrected chi connectivity index (χ4v) is 1.27. The molecule has 1 aromatic rings. The monoisotopic (exact) mass is 237 g/mol. The summed E-state index contributed by atoms with van der Waals surface area (Å²) >= 11 is 1.56. The van der Waals surface area contributed by atoms with Gasteiger partial charge in [0.1, 0.15) is 0 Å². The molecule has 0 saturated heterocycles. The Kier molecular flexibility index (Phi) is 4.02. The fraction of sp³-hybridized carbons (Fsp3) is 0.300. The first-order valence-corrected chi connectivity index (χ1v) is 5.27. The van der Waals surface area contributed by atoms with Crippen LogP contribution in [0, 0.1) is 0 Å². The molecule has 0 amide bonds. The molecule has 1 aromatic carbocycles. The minimum atomic E-state index is 0.0852. The Morgan fingerprint density at radius 2 is 2.00 bits per heavy atom. The number of carbonyl (C=O) groups is 1. The van der Waals surface area contributed by atoms with Crippen LogP contribution in [0.3, 0.4) is 0 Å². The predicted molar refractivity (Wildman–Crippen MR) is 52.3 cm³/mol. The van der Waals surface area contributed by atoms with Crippen LogP contribution in [0.5, 0.6) is 5.75 Å². The molecule has 0 bridgehead atoms. The Labute approximate surface area is 86.5 Å². The Balaban J connectivity index is 2.64. The molecule has 0 N–H and O–H groups in total. The van der Waals surface area contributed by atoms with E-state index in [-0.39, 0.29) is 4.62 Å². The molecule has 0 heterocycles. The van der Waals surface area contributed by atoms with Crippen molar-refractivity contribution in [2.24, 2.45) is 0 Å². The molecule has 0 aromatic heterocycles. The minimum absolute atomic E-state index is 0.0852. The van der Waals surface area contributed by atoms with E-state index in [9.17, 15) is 4.79 Å². The van der Waals surface area contributed by atoms with Crippen molar-refractivity contribution in [3.63, 3.8) is 0 Å². The van der Waals surface area contributed by atoms with Gasteiger partial charge in [0.25, 0.3) is 0 Å². The molecule has 0 aliphatic carbocycles. The zero-order chi connectivity index (χ0) is 9.68. The maximum atomic E-state index is 10.9. The average molecular weight is 236 g/mol. The van der Waals surface area contributed by atoms with Gasteiger partial charge in [0, 0.05) is 0 Å². The summed E-state index contributed by atoms with van der Waals surface area (Å²) in [5, 5.41) is 0. The summed E-state index contributed by atoms with van der Waals surface area (Å²) in [6, 6.07) is 7.22. The van der Waals surface area contributed by atoms with Crippen LogP contribution in [-0.2, 0) is 0 Å². The van der Waals surface area contributed by atoms with Crippen LogP contribution < -0.4 is 4.74 Å². The topological polar surface area (TPSA) is 26.3 Å². The Bertz CT molecular complexity index is 279. The van der Waals surface area contributed by atoms with Crippen molar-refractivity contribution < 1.29 is 9.53 Å². The van der Waals surface area contributed by atoms with Gasteiger partial charge in [0.2, 0.25) is 0 Å². The SMILES string of the molecule is CCCOc1ccc([C](=O)[Ge])cc1. The second-order valence-corrected chi connectivity index (χ2v) is 3.65. The molecule has 0 aliphatic heterocycles. The van der Waals surface area contributed by atoms with E-state index in [1.807, 2.05) is 12.1 Å². The third-order valence-electron chi connectivity index (χ3n) is 1.59. The number of carbonyl (C=O) groups excluding carboxylic acids is 1. The van der Waals surface area contributed by atoms with Gasteiger partial charge in [-0.1, -0.05) is 0 Å². The fourth-order valence-electron chi connectivity index (χ4n) is 0.922. The number of rotatable bonds is 4. The van der Waals surface area contributed by atoms with Crippen LogP contribution in [-0.4, -0.2) is 27.7 Å². The molecule has 0 fully saturated rings. The molecule has 0 saturated carbocycles. The van der Waals surface area contributed by atoms with Gasteiger partial charge in [0.15, 0.2) is 0 Å². The normalized spacial score (nSPS) is 9.69. The summed E-state index contributed by atoms with van der Waals surface area (Å²) in [5.41, 5.74) is 0.726. The Morgan fingerprint density at radius 3 is 2.46 bits per heavy atom. The van der Waals surface area contributed by atoms with Crippen LogP contribution in [0.25, 0.3) is 0 Å². The average Bonchev–Trinajstić information content (AvgIpc) is 2.15. The van der Waals surface area contributed by atoms with Crippen molar-refractivity contribution in [2.45, 2.75) is 13.3 Å². The predicted octanol–water partition coefficient (Wildman–Crippen LogP) is 1.78. The van der Waals surface area contributed by atoms with Crippen LogP contribution in [0.1, 0.15) is 23.7 Å². The van der Waals surface area contributed by atoms with Crippen LogP contribution >= 0.6 is 0 Å². The van der Waals surface area contributed by atoms with Crippen molar-refractivity contribution in [1.29, 1.82) is 0 Å². The summed E-state index contributed by atoms with van der Waals surface area (Å²) in [7, 11) is 0. The maximum absolute atomic E-state index is 10.9. The molecule has 0 aliphatic rings. The first-order valence-electron chi connectivity index (χ1n) is 4.23. The van der Waals surface area contributed by atoms with Crippen molar-refractivity contribution >= 4 is 21.1 Å². The van der Waals surface area contributed by atoms with Gasteiger partial charge in [-0.3, -0.25) is 0 Å². The first-order chi connectivity index (χ1) is 6.24. The third kappa shape index (κ3) is 3.22. The van der Waals surface area contributed by atoms with Crippen molar-refractivity contribution in [2.75, 3.05) is 6.61 Å². The van der Waals surface area contributed by atoms with E-state index >= 15 is 0 Å². The van der Waals surface area contributed by atoms with E-state index in [2.05, 4.69) is 6.92 Å². The van der Waals surface area contributed by atoms with Gasteiger partial charge in [-0.25, -0.2) is 0 Å². The van der Waals surface area contributed by atoms with Gasteiger partial charge in [0.05, 0.1) is 0 Å². The third-order valence-corrected chi connectivity index (χ3v) is 2.20. The zero-order valence-corrected chi connectivity index (χ0v) is 9.64. The van der Waals surface area contributed by atoms with E-state index in [0.717, 1.165) is 24.3 Å². The number of ether oxygens (including phenoxy) is 1. The van der Waals surface area contributed by atoms with Gasteiger partial charge in [-0.2, -0.15) is 0 Å². The van der Waals surface area contributed by atoms with Gasteiger partial charge >= 0.3 is 86.2 Å². The molecule has 0 atom stereocenters. The van der Waals surface area contributed by atoms with E-state index in [0.29, 0.717) is 0 Å². The second kappa shape index (κ2) is 5.07. The van der Waals surface area contributed by atoms with Crippen LogP contribution in [0.15, 0.2) is 24.3 Å². The molecule has 3 heteroatoms. The molecule has 1 rings (SSSR count). The van der Waals surface area contributed by atoms with Crippen molar-refractivity contribution in [1.82, 2.24) is 0 Å². The van der Waals surface area contributed by atoms with Gasteiger partial charge in [-0.05, 0) is 0 Å². The molecule has 2 nitrogen and oxygen atoms in total. The molecule has 13 heavy (non-hydrogen) atoms. The molecule has 67 valence electrons. The van der Waals surface area contributed by atoms with Crippen LogP contribution in [0.2, 0.25) is 0 Å². The molecule has 0 unspecified atom stereocenters. The quantitative estimate of drug-likeness (QED) is 0.744. The van der Waals surface area contributed by atoms with E-state index in [4.69, 9.17) is 4.74 Å². The summed E-state index contributed by atoms with van der Waals surface area (Å²) in [6.07, 6.45) is 0.995. The van der Waals surface area contributed by atoms with Gasteiger partial charge in [-0.15, -0.1) is 0 Å². The zero-order valence-electron chi connectivity index (χ0n) is 7.54. The van der Waals surface area contributed by atoms with Crippen molar-refractivity contribution in [3.8, 4) is 5.75 Å². The number of hydrogen-bond acceptors (Lipinski definition) is 2. The molecular formula is C10H11GeO2. The number of benzene rings is 1. The summed E-state index contributed by atoms with van der Waals surface area (Å²) in [5.74, 6) is 0.826. The standard InChI is InChI=1S/C10H11GeO2/c1-2-7-13-9-5-3-8(4-6-9)10(11)12/h3-6H,2,7H2,1H3. The number of hydrogen-bond donors (Lipinski definition) is 0. The summed E-state index contributed by atoms with van der Waals surface area (Å²) < 4.78 is 5.46. The summed E-state index contributed by atoms with van der Waals surface area (Å²) in [4.78, 5) is 10.9. The van der Waals surface area contributed by atoms with Crippen LogP contribution in [0.4, 0.5) is 0 Å². The molecular weight excluding hydrogens is 225 g/mol. The van der Waals surface area contributed by atoms with Gasteiger partial charge < -0.3 is 0 Å².